The number of nitrogens with one attached hydrogen (secondary N) is 1. The number of hydrazone groups is 1. The van der Waals surface area contributed by atoms with Gasteiger partial charge in [0.2, 0.25) is 0 Å². The monoisotopic (exact) mass is 422 g/mol. The molecular weight excluding hydrogens is 404 g/mol. The van der Waals surface area contributed by atoms with Gasteiger partial charge in [0.1, 0.15) is 12.4 Å². The molecule has 0 fully saturated rings. The molecular formula is C22H19BrN2O2. The first-order valence-electron chi connectivity index (χ1n) is 8.47. The number of nitrogens with zero attached hydrogens (tertiary/aromatic N) is 1. The van der Waals surface area contributed by atoms with Crippen molar-refractivity contribution in [3.8, 4) is 5.75 Å². The maximum Gasteiger partial charge on any atom is 0.271 e. The Labute approximate surface area is 167 Å². The normalized spacial score (nSPS) is 10.7. The molecule has 0 bridgehead atoms. The molecule has 0 aliphatic heterocycles. The van der Waals surface area contributed by atoms with E-state index in [1.54, 1.807) is 24.4 Å². The van der Waals surface area contributed by atoms with Crippen molar-refractivity contribution in [3.05, 3.63) is 99.5 Å². The van der Waals surface area contributed by atoms with E-state index in [2.05, 4.69) is 57.6 Å². The topological polar surface area (TPSA) is 50.7 Å². The molecule has 3 rings (SSSR count). The molecule has 27 heavy (non-hydrogen) atoms. The number of amides is 1. The molecule has 0 aliphatic carbocycles. The van der Waals surface area contributed by atoms with Crippen LogP contribution in [0.15, 0.2) is 82.4 Å². The number of halogens is 1. The lowest BCUT2D eigenvalue weighted by atomic mass is 10.2. The number of carbonyl (C=O) groups is 1. The Kier molecular flexibility index (Phi) is 6.39. The third-order valence-electron chi connectivity index (χ3n) is 3.87. The van der Waals surface area contributed by atoms with Gasteiger partial charge in [-0.05, 0) is 60.5 Å². The Morgan fingerprint density at radius 2 is 1.81 bits per heavy atom. The van der Waals surface area contributed by atoms with Crippen LogP contribution in [0.2, 0.25) is 0 Å². The smallest absolute Gasteiger partial charge is 0.271 e. The Balaban J connectivity index is 1.51. The highest BCUT2D eigenvalue weighted by molar-refractivity contribution is 9.10. The highest BCUT2D eigenvalue weighted by Crippen LogP contribution is 2.14. The van der Waals surface area contributed by atoms with Gasteiger partial charge in [-0.25, -0.2) is 5.43 Å². The molecule has 3 aromatic rings. The Bertz CT molecular complexity index is 935. The molecule has 136 valence electrons. The summed E-state index contributed by atoms with van der Waals surface area (Å²) in [5, 5.41) is 4.00. The van der Waals surface area contributed by atoms with E-state index in [0.29, 0.717) is 12.2 Å². The van der Waals surface area contributed by atoms with E-state index in [1.165, 1.54) is 5.56 Å². The van der Waals surface area contributed by atoms with E-state index < -0.39 is 0 Å². The van der Waals surface area contributed by atoms with Crippen molar-refractivity contribution in [2.75, 3.05) is 0 Å². The molecule has 5 heteroatoms. The Morgan fingerprint density at radius 1 is 1.07 bits per heavy atom. The lowest BCUT2D eigenvalue weighted by Gasteiger charge is -2.07. The second-order valence-corrected chi connectivity index (χ2v) is 6.97. The lowest BCUT2D eigenvalue weighted by Crippen LogP contribution is -2.17. The molecule has 1 amide bonds. The van der Waals surface area contributed by atoms with Gasteiger partial charge in [0.15, 0.2) is 0 Å². The largest absolute Gasteiger partial charge is 0.489 e. The number of benzene rings is 3. The van der Waals surface area contributed by atoms with Gasteiger partial charge in [0.25, 0.3) is 5.91 Å². The summed E-state index contributed by atoms with van der Waals surface area (Å²) in [5.41, 5.74) is 6.29. The highest BCUT2D eigenvalue weighted by atomic mass is 79.9. The molecule has 0 atom stereocenters. The van der Waals surface area contributed by atoms with E-state index in [-0.39, 0.29) is 5.91 Å². The van der Waals surface area contributed by atoms with Gasteiger partial charge < -0.3 is 4.74 Å². The molecule has 0 aliphatic rings. The average molecular weight is 423 g/mol. The summed E-state index contributed by atoms with van der Waals surface area (Å²) in [6, 6.07) is 22.9. The first-order chi connectivity index (χ1) is 13.1. The molecule has 4 nitrogen and oxygen atoms in total. The van der Waals surface area contributed by atoms with Crippen molar-refractivity contribution < 1.29 is 9.53 Å². The molecule has 3 aromatic carbocycles. The predicted molar refractivity (Wildman–Crippen MR) is 111 cm³/mol. The van der Waals surface area contributed by atoms with Crippen LogP contribution < -0.4 is 10.2 Å². The minimum Gasteiger partial charge on any atom is -0.489 e. The quantitative estimate of drug-likeness (QED) is 0.443. The van der Waals surface area contributed by atoms with Gasteiger partial charge >= 0.3 is 0 Å². The van der Waals surface area contributed by atoms with Crippen molar-refractivity contribution in [1.29, 1.82) is 0 Å². The van der Waals surface area contributed by atoms with E-state index in [9.17, 15) is 4.79 Å². The maximum absolute atomic E-state index is 12.0. The van der Waals surface area contributed by atoms with Crippen LogP contribution in [-0.4, -0.2) is 12.1 Å². The first-order valence-corrected chi connectivity index (χ1v) is 9.27. The molecule has 0 radical (unpaired) electrons. The van der Waals surface area contributed by atoms with Gasteiger partial charge in [-0.1, -0.05) is 51.8 Å². The SMILES string of the molecule is Cc1ccc(COc2ccc(/C=N\NC(=O)c3cccc(Br)c3)cc2)cc1. The minimum atomic E-state index is -0.259. The minimum absolute atomic E-state index is 0.259. The number of hydrogen-bond acceptors (Lipinski definition) is 3. The molecule has 0 aromatic heterocycles. The van der Waals surface area contributed by atoms with Crippen molar-refractivity contribution >= 4 is 28.1 Å². The fourth-order valence-electron chi connectivity index (χ4n) is 2.36. The molecule has 0 spiro atoms. The number of carbonyl (C=O) groups excluding carboxylic acids is 1. The van der Waals surface area contributed by atoms with Crippen LogP contribution in [-0.2, 0) is 6.61 Å². The second-order valence-electron chi connectivity index (χ2n) is 6.05. The number of aryl methyl sites for hydroxylation is 1. The van der Waals surface area contributed by atoms with Crippen LogP contribution in [0.1, 0.15) is 27.0 Å². The zero-order valence-corrected chi connectivity index (χ0v) is 16.4. The van der Waals surface area contributed by atoms with Gasteiger partial charge in [-0.15, -0.1) is 0 Å². The number of rotatable bonds is 6. The predicted octanol–water partition coefficient (Wildman–Crippen LogP) is 5.10. The molecule has 0 saturated carbocycles. The summed E-state index contributed by atoms with van der Waals surface area (Å²) in [4.78, 5) is 12.0. The first kappa shape index (κ1) is 18.9. The van der Waals surface area contributed by atoms with E-state index >= 15 is 0 Å². The molecule has 0 heterocycles. The number of ether oxygens (including phenoxy) is 1. The summed E-state index contributed by atoms with van der Waals surface area (Å²) >= 11 is 3.34. The highest BCUT2D eigenvalue weighted by Gasteiger charge is 2.03. The van der Waals surface area contributed by atoms with Crippen LogP contribution in [0.25, 0.3) is 0 Å². The fraction of sp³-hybridized carbons (Fsp3) is 0.0909. The third-order valence-corrected chi connectivity index (χ3v) is 4.37. The summed E-state index contributed by atoms with van der Waals surface area (Å²) in [6.45, 7) is 2.59. The van der Waals surface area contributed by atoms with Gasteiger partial charge in [0.05, 0.1) is 6.21 Å². The van der Waals surface area contributed by atoms with Crippen molar-refractivity contribution in [1.82, 2.24) is 5.43 Å². The third kappa shape index (κ3) is 5.79. The van der Waals surface area contributed by atoms with E-state index in [4.69, 9.17) is 4.74 Å². The number of hydrogen-bond donors (Lipinski definition) is 1. The molecule has 1 N–H and O–H groups in total. The fourth-order valence-corrected chi connectivity index (χ4v) is 2.76. The van der Waals surface area contributed by atoms with Crippen LogP contribution >= 0.6 is 15.9 Å². The van der Waals surface area contributed by atoms with Crippen molar-refractivity contribution in [2.24, 2.45) is 5.10 Å². The van der Waals surface area contributed by atoms with Crippen LogP contribution in [0, 0.1) is 6.92 Å². The standard InChI is InChI=1S/C22H19BrN2O2/c1-16-5-7-18(8-6-16)15-27-21-11-9-17(10-12-21)14-24-25-22(26)19-3-2-4-20(23)13-19/h2-14H,15H2,1H3,(H,25,26)/b24-14-. The van der Waals surface area contributed by atoms with Crippen LogP contribution in [0.4, 0.5) is 0 Å². The van der Waals surface area contributed by atoms with Crippen molar-refractivity contribution in [2.45, 2.75) is 13.5 Å². The Hall–Kier alpha value is -2.92. The Morgan fingerprint density at radius 3 is 2.52 bits per heavy atom. The van der Waals surface area contributed by atoms with Gasteiger partial charge in [-0.3, -0.25) is 4.79 Å². The van der Waals surface area contributed by atoms with Crippen LogP contribution in [0.5, 0.6) is 5.75 Å². The van der Waals surface area contributed by atoms with Crippen molar-refractivity contribution in [3.63, 3.8) is 0 Å². The zero-order chi connectivity index (χ0) is 19.1. The summed E-state index contributed by atoms with van der Waals surface area (Å²) in [7, 11) is 0. The van der Waals surface area contributed by atoms with E-state index in [0.717, 1.165) is 21.3 Å². The summed E-state index contributed by atoms with van der Waals surface area (Å²) < 4.78 is 6.63. The molecule has 0 unspecified atom stereocenters. The average Bonchev–Trinajstić information content (AvgIpc) is 2.68. The van der Waals surface area contributed by atoms with Gasteiger partial charge in [0, 0.05) is 10.0 Å². The summed E-state index contributed by atoms with van der Waals surface area (Å²) in [6.07, 6.45) is 1.60. The zero-order valence-electron chi connectivity index (χ0n) is 14.9. The second kappa shape index (κ2) is 9.14. The van der Waals surface area contributed by atoms with Crippen LogP contribution in [0.3, 0.4) is 0 Å². The van der Waals surface area contributed by atoms with E-state index in [1.807, 2.05) is 30.3 Å². The molecule has 0 saturated heterocycles. The summed E-state index contributed by atoms with van der Waals surface area (Å²) in [5.74, 6) is 0.525. The van der Waals surface area contributed by atoms with Gasteiger partial charge in [-0.2, -0.15) is 5.10 Å². The maximum atomic E-state index is 12.0. The lowest BCUT2D eigenvalue weighted by molar-refractivity contribution is 0.0955.